The average Bonchev–Trinajstić information content (AvgIpc) is 2.66. The van der Waals surface area contributed by atoms with Crippen LogP contribution in [0, 0.1) is 0 Å². The van der Waals surface area contributed by atoms with Gasteiger partial charge in [-0.3, -0.25) is 9.52 Å². The van der Waals surface area contributed by atoms with Crippen molar-refractivity contribution in [3.8, 4) is 0 Å². The lowest BCUT2D eigenvalue weighted by molar-refractivity contribution is 0.0944. The minimum Gasteiger partial charge on any atom is -0.341 e. The molecule has 0 saturated carbocycles. The molecule has 0 spiro atoms. The molecule has 2 N–H and O–H groups in total. The third-order valence-corrected chi connectivity index (χ3v) is 4.60. The van der Waals surface area contributed by atoms with Gasteiger partial charge >= 0.3 is 0 Å². The molecule has 0 saturated heterocycles. The Morgan fingerprint density at radius 3 is 1.78 bits per heavy atom. The summed E-state index contributed by atoms with van der Waals surface area (Å²) in [4.78, 5) is 13.0. The molecule has 0 heterocycles. The Morgan fingerprint density at radius 2 is 1.26 bits per heavy atom. The average molecular weight is 380 g/mol. The van der Waals surface area contributed by atoms with E-state index in [1.165, 1.54) is 0 Å². The predicted molar refractivity (Wildman–Crippen MR) is 107 cm³/mol. The van der Waals surface area contributed by atoms with E-state index >= 15 is 0 Å². The molecule has 0 aliphatic carbocycles. The molecule has 0 unspecified atom stereocenters. The van der Waals surface area contributed by atoms with E-state index in [1.807, 2.05) is 60.7 Å². The van der Waals surface area contributed by atoms with Crippen LogP contribution in [0.15, 0.2) is 84.9 Å². The van der Waals surface area contributed by atoms with Crippen LogP contribution in [-0.2, 0) is 10.0 Å². The first-order chi connectivity index (χ1) is 12.9. The van der Waals surface area contributed by atoms with Crippen LogP contribution in [0.25, 0.3) is 0 Å². The first-order valence-electron chi connectivity index (χ1n) is 8.41. The van der Waals surface area contributed by atoms with Crippen molar-refractivity contribution < 1.29 is 13.2 Å². The lowest BCUT2D eigenvalue weighted by atomic mass is 9.98. The highest BCUT2D eigenvalue weighted by molar-refractivity contribution is 7.92. The van der Waals surface area contributed by atoms with Gasteiger partial charge in [-0.05, 0) is 23.3 Å². The number of para-hydroxylation sites is 1. The maximum atomic E-state index is 13.0. The maximum Gasteiger partial charge on any atom is 0.254 e. The summed E-state index contributed by atoms with van der Waals surface area (Å²) in [6, 6.07) is 25.4. The Hall–Kier alpha value is -3.12. The highest BCUT2D eigenvalue weighted by atomic mass is 32.2. The van der Waals surface area contributed by atoms with Crippen molar-refractivity contribution >= 4 is 21.6 Å². The number of carbonyl (C=O) groups is 1. The summed E-state index contributed by atoms with van der Waals surface area (Å²) in [6.45, 7) is 0. The van der Waals surface area contributed by atoms with Gasteiger partial charge in [0.05, 0.1) is 23.5 Å². The second-order valence-electron chi connectivity index (χ2n) is 6.15. The largest absolute Gasteiger partial charge is 0.341 e. The van der Waals surface area contributed by atoms with E-state index in [9.17, 15) is 13.2 Å². The van der Waals surface area contributed by atoms with Crippen LogP contribution in [0.5, 0.6) is 0 Å². The fourth-order valence-electron chi connectivity index (χ4n) is 2.83. The second kappa shape index (κ2) is 8.05. The SMILES string of the molecule is CS(=O)(=O)Nc1ccccc1C(=O)NC(c1ccccc1)c1ccccc1. The molecular formula is C21H20N2O3S. The van der Waals surface area contributed by atoms with Gasteiger partial charge in [0.1, 0.15) is 0 Å². The second-order valence-corrected chi connectivity index (χ2v) is 7.90. The molecule has 27 heavy (non-hydrogen) atoms. The molecular weight excluding hydrogens is 360 g/mol. The first-order valence-corrected chi connectivity index (χ1v) is 10.3. The smallest absolute Gasteiger partial charge is 0.254 e. The maximum absolute atomic E-state index is 13.0. The Kier molecular flexibility index (Phi) is 5.57. The van der Waals surface area contributed by atoms with Gasteiger partial charge < -0.3 is 5.32 Å². The van der Waals surface area contributed by atoms with Crippen molar-refractivity contribution in [3.63, 3.8) is 0 Å². The minimum atomic E-state index is -3.50. The molecule has 0 fully saturated rings. The number of nitrogens with one attached hydrogen (secondary N) is 2. The Bertz CT molecular complexity index is 980. The quantitative estimate of drug-likeness (QED) is 0.686. The third-order valence-electron chi connectivity index (χ3n) is 4.01. The molecule has 0 atom stereocenters. The number of sulfonamides is 1. The fourth-order valence-corrected chi connectivity index (χ4v) is 3.41. The Morgan fingerprint density at radius 1 is 0.778 bits per heavy atom. The summed E-state index contributed by atoms with van der Waals surface area (Å²) in [5, 5.41) is 3.02. The van der Waals surface area contributed by atoms with Gasteiger partial charge in [-0.15, -0.1) is 0 Å². The van der Waals surface area contributed by atoms with Crippen LogP contribution in [-0.4, -0.2) is 20.6 Å². The van der Waals surface area contributed by atoms with Crippen LogP contribution in [0.3, 0.4) is 0 Å². The summed E-state index contributed by atoms with van der Waals surface area (Å²) in [7, 11) is -3.50. The van der Waals surface area contributed by atoms with E-state index in [0.29, 0.717) is 0 Å². The number of anilines is 1. The molecule has 3 rings (SSSR count). The van der Waals surface area contributed by atoms with Gasteiger partial charge in [0.15, 0.2) is 0 Å². The summed E-state index contributed by atoms with van der Waals surface area (Å²) in [6.07, 6.45) is 1.05. The van der Waals surface area contributed by atoms with Crippen molar-refractivity contribution in [2.24, 2.45) is 0 Å². The summed E-state index contributed by atoms with van der Waals surface area (Å²) >= 11 is 0. The zero-order valence-corrected chi connectivity index (χ0v) is 15.6. The van der Waals surface area contributed by atoms with Crippen LogP contribution in [0.1, 0.15) is 27.5 Å². The Balaban J connectivity index is 1.95. The molecule has 6 heteroatoms. The lowest BCUT2D eigenvalue weighted by Gasteiger charge is -2.21. The first kappa shape index (κ1) is 18.7. The van der Waals surface area contributed by atoms with E-state index < -0.39 is 10.0 Å². The summed E-state index contributed by atoms with van der Waals surface area (Å²) in [5.41, 5.74) is 2.38. The molecule has 0 aliphatic heterocycles. The summed E-state index contributed by atoms with van der Waals surface area (Å²) in [5.74, 6) is -0.362. The fraction of sp³-hybridized carbons (Fsp3) is 0.0952. The van der Waals surface area contributed by atoms with E-state index in [4.69, 9.17) is 0 Å². The van der Waals surface area contributed by atoms with E-state index in [2.05, 4.69) is 10.0 Å². The molecule has 5 nitrogen and oxygen atoms in total. The van der Waals surface area contributed by atoms with Gasteiger partial charge in [-0.2, -0.15) is 0 Å². The standard InChI is InChI=1S/C21H20N2O3S/c1-27(25,26)23-19-15-9-8-14-18(19)21(24)22-20(16-10-4-2-5-11-16)17-12-6-3-7-13-17/h2-15,20,23H,1H3,(H,22,24). The Labute approximate surface area is 159 Å². The van der Waals surface area contributed by atoms with E-state index in [1.54, 1.807) is 24.3 Å². The van der Waals surface area contributed by atoms with Gasteiger partial charge in [-0.1, -0.05) is 72.8 Å². The van der Waals surface area contributed by atoms with Crippen molar-refractivity contribution in [3.05, 3.63) is 102 Å². The third kappa shape index (κ3) is 4.95. The molecule has 0 bridgehead atoms. The molecule has 0 radical (unpaired) electrons. The zero-order chi connectivity index (χ0) is 19.3. The molecule has 3 aromatic rings. The zero-order valence-electron chi connectivity index (χ0n) is 14.8. The monoisotopic (exact) mass is 380 g/mol. The number of amides is 1. The van der Waals surface area contributed by atoms with Crippen LogP contribution in [0.4, 0.5) is 5.69 Å². The lowest BCUT2D eigenvalue weighted by Crippen LogP contribution is -2.30. The van der Waals surface area contributed by atoms with Crippen molar-refractivity contribution in [1.82, 2.24) is 5.32 Å². The predicted octanol–water partition coefficient (Wildman–Crippen LogP) is 3.58. The molecule has 1 amide bonds. The van der Waals surface area contributed by atoms with Crippen molar-refractivity contribution in [1.29, 1.82) is 0 Å². The van der Waals surface area contributed by atoms with Gasteiger partial charge in [0.2, 0.25) is 10.0 Å². The van der Waals surface area contributed by atoms with Gasteiger partial charge in [-0.25, -0.2) is 8.42 Å². The van der Waals surface area contributed by atoms with Gasteiger partial charge in [0, 0.05) is 0 Å². The van der Waals surface area contributed by atoms with Crippen LogP contribution < -0.4 is 10.0 Å². The van der Waals surface area contributed by atoms with E-state index in [-0.39, 0.29) is 23.2 Å². The van der Waals surface area contributed by atoms with Crippen LogP contribution in [0.2, 0.25) is 0 Å². The topological polar surface area (TPSA) is 75.3 Å². The number of hydrogen-bond donors (Lipinski definition) is 2. The molecule has 0 aromatic heterocycles. The number of rotatable bonds is 6. The normalized spacial score (nSPS) is 11.2. The van der Waals surface area contributed by atoms with Crippen molar-refractivity contribution in [2.45, 2.75) is 6.04 Å². The highest BCUT2D eigenvalue weighted by Crippen LogP contribution is 2.24. The van der Waals surface area contributed by atoms with Crippen LogP contribution >= 0.6 is 0 Å². The molecule has 3 aromatic carbocycles. The molecule has 0 aliphatic rings. The van der Waals surface area contributed by atoms with Crippen molar-refractivity contribution in [2.75, 3.05) is 11.0 Å². The highest BCUT2D eigenvalue weighted by Gasteiger charge is 2.20. The number of benzene rings is 3. The minimum absolute atomic E-state index is 0.248. The number of carbonyl (C=O) groups excluding carboxylic acids is 1. The molecule has 138 valence electrons. The van der Waals surface area contributed by atoms with E-state index in [0.717, 1.165) is 17.4 Å². The number of hydrogen-bond acceptors (Lipinski definition) is 3. The van der Waals surface area contributed by atoms with Gasteiger partial charge in [0.25, 0.3) is 5.91 Å². The summed E-state index contributed by atoms with van der Waals surface area (Å²) < 4.78 is 25.6.